The predicted molar refractivity (Wildman–Crippen MR) is 62.7 cm³/mol. The molecule has 0 aliphatic carbocycles. The summed E-state index contributed by atoms with van der Waals surface area (Å²) in [6.45, 7) is 10.8. The van der Waals surface area contributed by atoms with E-state index in [4.69, 9.17) is 4.74 Å². The van der Waals surface area contributed by atoms with Gasteiger partial charge in [0.15, 0.2) is 0 Å². The number of rotatable bonds is 10. The zero-order chi connectivity index (χ0) is 10.6. The van der Waals surface area contributed by atoms with E-state index < -0.39 is 0 Å². The lowest BCUT2D eigenvalue weighted by Gasteiger charge is -2.06. The molecule has 0 aromatic carbocycles. The third-order valence-corrected chi connectivity index (χ3v) is 2.13. The van der Waals surface area contributed by atoms with Gasteiger partial charge in [0.2, 0.25) is 0 Å². The van der Waals surface area contributed by atoms with Crippen LogP contribution in [0, 0.1) is 5.92 Å². The molecule has 0 aliphatic heterocycles. The average Bonchev–Trinajstić information content (AvgIpc) is 2.15. The molecule has 0 aromatic rings. The fourth-order valence-corrected chi connectivity index (χ4v) is 1.31. The Morgan fingerprint density at radius 3 is 2.43 bits per heavy atom. The average molecular weight is 201 g/mol. The van der Waals surface area contributed by atoms with Gasteiger partial charge in [-0.25, -0.2) is 0 Å². The summed E-state index contributed by atoms with van der Waals surface area (Å²) in [6.07, 6.45) is 4.90. The molecule has 2 heteroatoms. The lowest BCUT2D eigenvalue weighted by atomic mass is 10.1. The Labute approximate surface area is 89.4 Å². The van der Waals surface area contributed by atoms with E-state index in [1.165, 1.54) is 12.8 Å². The van der Waals surface area contributed by atoms with Crippen LogP contribution in [0.4, 0.5) is 0 Å². The second-order valence-electron chi connectivity index (χ2n) is 4.25. The van der Waals surface area contributed by atoms with E-state index in [1.54, 1.807) is 0 Å². The lowest BCUT2D eigenvalue weighted by Crippen LogP contribution is -2.18. The maximum absolute atomic E-state index is 5.39. The molecule has 0 atom stereocenters. The molecule has 1 N–H and O–H groups in total. The van der Waals surface area contributed by atoms with Crippen LogP contribution in [-0.2, 0) is 4.74 Å². The van der Waals surface area contributed by atoms with E-state index in [1.807, 2.05) is 0 Å². The van der Waals surface area contributed by atoms with Gasteiger partial charge in [0.25, 0.3) is 0 Å². The van der Waals surface area contributed by atoms with Gasteiger partial charge in [0, 0.05) is 13.2 Å². The molecule has 0 heterocycles. The van der Waals surface area contributed by atoms with Crippen molar-refractivity contribution in [2.45, 2.75) is 46.5 Å². The highest BCUT2D eigenvalue weighted by molar-refractivity contribution is 4.51. The van der Waals surface area contributed by atoms with E-state index >= 15 is 0 Å². The molecule has 0 saturated carbocycles. The first-order valence-corrected chi connectivity index (χ1v) is 6.05. The Morgan fingerprint density at radius 2 is 1.79 bits per heavy atom. The molecule has 0 aromatic heterocycles. The summed E-state index contributed by atoms with van der Waals surface area (Å²) in [7, 11) is 0. The zero-order valence-corrected chi connectivity index (χ0v) is 10.1. The maximum atomic E-state index is 5.39. The topological polar surface area (TPSA) is 21.3 Å². The fraction of sp³-hybridized carbons (Fsp3) is 1.00. The molecule has 0 bridgehead atoms. The second kappa shape index (κ2) is 11.0. The highest BCUT2D eigenvalue weighted by Crippen LogP contribution is 2.01. The summed E-state index contributed by atoms with van der Waals surface area (Å²) in [5.74, 6) is 0.838. The van der Waals surface area contributed by atoms with Crippen molar-refractivity contribution in [2.24, 2.45) is 5.92 Å². The van der Waals surface area contributed by atoms with Crippen molar-refractivity contribution in [1.82, 2.24) is 5.32 Å². The van der Waals surface area contributed by atoms with E-state index in [9.17, 15) is 0 Å². The van der Waals surface area contributed by atoms with Gasteiger partial charge in [-0.05, 0) is 44.7 Å². The van der Waals surface area contributed by atoms with Crippen LogP contribution in [0.2, 0.25) is 0 Å². The van der Waals surface area contributed by atoms with Crippen molar-refractivity contribution < 1.29 is 4.74 Å². The smallest absolute Gasteiger partial charge is 0.0478 e. The number of hydrogen-bond acceptors (Lipinski definition) is 2. The van der Waals surface area contributed by atoms with Crippen LogP contribution < -0.4 is 5.32 Å². The summed E-state index contributed by atoms with van der Waals surface area (Å²) in [4.78, 5) is 0. The van der Waals surface area contributed by atoms with Gasteiger partial charge in [-0.3, -0.25) is 0 Å². The first kappa shape index (κ1) is 13.9. The summed E-state index contributed by atoms with van der Waals surface area (Å²) in [5.41, 5.74) is 0. The van der Waals surface area contributed by atoms with Crippen LogP contribution in [-0.4, -0.2) is 26.3 Å². The molecule has 2 nitrogen and oxygen atoms in total. The number of ether oxygens (including phenoxy) is 1. The Morgan fingerprint density at radius 1 is 1.07 bits per heavy atom. The van der Waals surface area contributed by atoms with Crippen LogP contribution in [0.1, 0.15) is 46.5 Å². The Kier molecular flexibility index (Phi) is 10.9. The summed E-state index contributed by atoms with van der Waals surface area (Å²) in [6, 6.07) is 0. The molecule has 0 radical (unpaired) electrons. The molecule has 0 fully saturated rings. The van der Waals surface area contributed by atoms with Crippen LogP contribution in [0.15, 0.2) is 0 Å². The zero-order valence-electron chi connectivity index (χ0n) is 10.1. The Bertz CT molecular complexity index is 104. The molecule has 14 heavy (non-hydrogen) atoms. The molecular formula is C12H27NO. The van der Waals surface area contributed by atoms with Gasteiger partial charge in [-0.15, -0.1) is 0 Å². The van der Waals surface area contributed by atoms with Crippen LogP contribution in [0.3, 0.4) is 0 Å². The Hall–Kier alpha value is -0.0800. The lowest BCUT2D eigenvalue weighted by molar-refractivity contribution is 0.132. The molecule has 0 saturated heterocycles. The first-order chi connectivity index (χ1) is 6.77. The van der Waals surface area contributed by atoms with Crippen molar-refractivity contribution >= 4 is 0 Å². The summed E-state index contributed by atoms with van der Waals surface area (Å²) >= 11 is 0. The van der Waals surface area contributed by atoms with Crippen LogP contribution >= 0.6 is 0 Å². The molecular weight excluding hydrogens is 174 g/mol. The van der Waals surface area contributed by atoms with Crippen molar-refractivity contribution in [3.8, 4) is 0 Å². The van der Waals surface area contributed by atoms with Gasteiger partial charge in [-0.1, -0.05) is 20.8 Å². The van der Waals surface area contributed by atoms with Crippen molar-refractivity contribution in [1.29, 1.82) is 0 Å². The highest BCUT2D eigenvalue weighted by Gasteiger charge is 1.93. The van der Waals surface area contributed by atoms with Crippen molar-refractivity contribution in [2.75, 3.05) is 26.3 Å². The molecule has 0 unspecified atom stereocenters. The summed E-state index contributed by atoms with van der Waals surface area (Å²) in [5, 5.41) is 3.44. The van der Waals surface area contributed by atoms with Crippen molar-refractivity contribution in [3.63, 3.8) is 0 Å². The third-order valence-electron chi connectivity index (χ3n) is 2.13. The minimum Gasteiger partial charge on any atom is -0.381 e. The minimum absolute atomic E-state index is 0.838. The number of nitrogens with one attached hydrogen (secondary N) is 1. The van der Waals surface area contributed by atoms with Gasteiger partial charge in [0.05, 0.1) is 0 Å². The number of hydrogen-bond donors (Lipinski definition) is 1. The van der Waals surface area contributed by atoms with Gasteiger partial charge in [0.1, 0.15) is 0 Å². The maximum Gasteiger partial charge on any atom is 0.0478 e. The highest BCUT2D eigenvalue weighted by atomic mass is 16.5. The summed E-state index contributed by atoms with van der Waals surface area (Å²) < 4.78 is 5.39. The second-order valence-corrected chi connectivity index (χ2v) is 4.25. The van der Waals surface area contributed by atoms with Crippen LogP contribution in [0.25, 0.3) is 0 Å². The van der Waals surface area contributed by atoms with E-state index in [2.05, 4.69) is 26.1 Å². The molecule has 0 amide bonds. The molecule has 0 rings (SSSR count). The normalized spacial score (nSPS) is 11.1. The predicted octanol–water partition coefficient (Wildman–Crippen LogP) is 2.83. The standard InChI is InChI=1S/C12H27NO/c1-4-10-14-11-6-9-13-8-5-7-12(2)3/h12-13H,4-11H2,1-3H3. The van der Waals surface area contributed by atoms with E-state index in [0.717, 1.165) is 45.1 Å². The Balaban J connectivity index is 2.85. The monoisotopic (exact) mass is 201 g/mol. The largest absolute Gasteiger partial charge is 0.381 e. The SMILES string of the molecule is CCCOCCCNCCCC(C)C. The quantitative estimate of drug-likeness (QED) is 0.549. The van der Waals surface area contributed by atoms with Crippen molar-refractivity contribution in [3.05, 3.63) is 0 Å². The molecule has 86 valence electrons. The molecule has 0 spiro atoms. The van der Waals surface area contributed by atoms with Gasteiger partial charge >= 0.3 is 0 Å². The van der Waals surface area contributed by atoms with Gasteiger partial charge in [-0.2, -0.15) is 0 Å². The third kappa shape index (κ3) is 11.9. The van der Waals surface area contributed by atoms with E-state index in [-0.39, 0.29) is 0 Å². The first-order valence-electron chi connectivity index (χ1n) is 6.05. The van der Waals surface area contributed by atoms with E-state index in [0.29, 0.717) is 0 Å². The van der Waals surface area contributed by atoms with Gasteiger partial charge < -0.3 is 10.1 Å². The molecule has 0 aliphatic rings. The fourth-order valence-electron chi connectivity index (χ4n) is 1.31. The van der Waals surface area contributed by atoms with Crippen LogP contribution in [0.5, 0.6) is 0 Å². The minimum atomic E-state index is 0.838.